The molecule has 4 heteroatoms. The number of aromatic nitrogens is 3. The Morgan fingerprint density at radius 3 is 2.50 bits per heavy atom. The van der Waals surface area contributed by atoms with E-state index in [2.05, 4.69) is 35.8 Å². The van der Waals surface area contributed by atoms with Crippen LogP contribution >= 0.6 is 0 Å². The first-order chi connectivity index (χ1) is 8.38. The summed E-state index contributed by atoms with van der Waals surface area (Å²) in [4.78, 5) is 6.42. The Labute approximate surface area is 108 Å². The zero-order valence-electron chi connectivity index (χ0n) is 11.7. The van der Waals surface area contributed by atoms with Crippen LogP contribution < -0.4 is 4.90 Å². The number of pyridine rings is 1. The zero-order chi connectivity index (χ0) is 13.3. The highest BCUT2D eigenvalue weighted by atomic mass is 15.3. The molecule has 0 bridgehead atoms. The van der Waals surface area contributed by atoms with Crippen molar-refractivity contribution in [2.24, 2.45) is 0 Å². The fourth-order valence-electron chi connectivity index (χ4n) is 1.65. The van der Waals surface area contributed by atoms with E-state index in [4.69, 9.17) is 0 Å². The molecular formula is C14H20N4. The molecule has 4 nitrogen and oxygen atoms in total. The van der Waals surface area contributed by atoms with Crippen molar-refractivity contribution in [2.45, 2.75) is 26.2 Å². The fourth-order valence-corrected chi connectivity index (χ4v) is 1.65. The van der Waals surface area contributed by atoms with Crippen molar-refractivity contribution in [3.8, 4) is 5.82 Å². The van der Waals surface area contributed by atoms with Gasteiger partial charge in [-0.05, 0) is 17.0 Å². The largest absolute Gasteiger partial charge is 0.378 e. The van der Waals surface area contributed by atoms with Crippen LogP contribution in [0.25, 0.3) is 5.82 Å². The Balaban J connectivity index is 2.37. The number of hydrogen-bond donors (Lipinski definition) is 0. The molecule has 2 aromatic rings. The molecule has 0 unspecified atom stereocenters. The quantitative estimate of drug-likeness (QED) is 0.814. The predicted molar refractivity (Wildman–Crippen MR) is 74.4 cm³/mol. The van der Waals surface area contributed by atoms with E-state index in [-0.39, 0.29) is 5.41 Å². The third kappa shape index (κ3) is 2.53. The van der Waals surface area contributed by atoms with E-state index in [0.29, 0.717) is 0 Å². The molecule has 0 aromatic carbocycles. The lowest BCUT2D eigenvalue weighted by Crippen LogP contribution is -2.10. The molecule has 0 radical (unpaired) electrons. The summed E-state index contributed by atoms with van der Waals surface area (Å²) in [5.74, 6) is 0.844. The summed E-state index contributed by atoms with van der Waals surface area (Å²) in [6.45, 7) is 6.54. The fraction of sp³-hybridized carbons (Fsp3) is 0.429. The van der Waals surface area contributed by atoms with Crippen molar-refractivity contribution in [1.29, 1.82) is 0 Å². The molecule has 2 heterocycles. The second-order valence-corrected chi connectivity index (χ2v) is 5.69. The van der Waals surface area contributed by atoms with E-state index in [1.54, 1.807) is 0 Å². The molecule has 2 rings (SSSR count). The zero-order valence-corrected chi connectivity index (χ0v) is 11.7. The summed E-state index contributed by atoms with van der Waals surface area (Å²) in [5.41, 5.74) is 2.43. The molecule has 0 aliphatic carbocycles. The van der Waals surface area contributed by atoms with Gasteiger partial charge in [0, 0.05) is 38.2 Å². The minimum absolute atomic E-state index is 0.109. The van der Waals surface area contributed by atoms with Gasteiger partial charge in [0.05, 0.1) is 6.20 Å². The van der Waals surface area contributed by atoms with E-state index < -0.39 is 0 Å². The predicted octanol–water partition coefficient (Wildman–Crippen LogP) is 2.63. The first kappa shape index (κ1) is 12.6. The molecule has 96 valence electrons. The Morgan fingerprint density at radius 2 is 1.94 bits per heavy atom. The first-order valence-corrected chi connectivity index (χ1v) is 6.07. The highest BCUT2D eigenvalue weighted by molar-refractivity contribution is 5.48. The standard InChI is InChI=1S/C14H20N4/c1-14(2,3)11-9-16-18(10-11)13-8-12(17(4)5)6-7-15-13/h6-10H,1-5H3. The maximum atomic E-state index is 4.39. The number of anilines is 1. The van der Waals surface area contributed by atoms with Crippen LogP contribution in [0.15, 0.2) is 30.7 Å². The maximum absolute atomic E-state index is 4.39. The van der Waals surface area contributed by atoms with Gasteiger partial charge < -0.3 is 4.90 Å². The van der Waals surface area contributed by atoms with Crippen LogP contribution in [0.4, 0.5) is 5.69 Å². The maximum Gasteiger partial charge on any atom is 0.155 e. The van der Waals surface area contributed by atoms with Crippen LogP contribution in [0.1, 0.15) is 26.3 Å². The molecule has 0 saturated heterocycles. The summed E-state index contributed by atoms with van der Waals surface area (Å²) >= 11 is 0. The van der Waals surface area contributed by atoms with E-state index in [1.165, 1.54) is 5.56 Å². The second kappa shape index (κ2) is 4.44. The lowest BCUT2D eigenvalue weighted by atomic mass is 9.90. The van der Waals surface area contributed by atoms with Gasteiger partial charge in [0.15, 0.2) is 5.82 Å². The normalized spacial score (nSPS) is 11.6. The lowest BCUT2D eigenvalue weighted by Gasteiger charge is -2.15. The molecule has 0 saturated carbocycles. The summed E-state index contributed by atoms with van der Waals surface area (Å²) in [6.07, 6.45) is 5.76. The van der Waals surface area contributed by atoms with Gasteiger partial charge in [0.1, 0.15) is 0 Å². The highest BCUT2D eigenvalue weighted by Crippen LogP contribution is 2.22. The van der Waals surface area contributed by atoms with Crippen molar-refractivity contribution < 1.29 is 0 Å². The monoisotopic (exact) mass is 244 g/mol. The van der Waals surface area contributed by atoms with Crippen molar-refractivity contribution in [2.75, 3.05) is 19.0 Å². The molecule has 0 N–H and O–H groups in total. The van der Waals surface area contributed by atoms with Crippen LogP contribution in [-0.2, 0) is 5.41 Å². The van der Waals surface area contributed by atoms with Gasteiger partial charge in [-0.1, -0.05) is 20.8 Å². The molecule has 18 heavy (non-hydrogen) atoms. The Morgan fingerprint density at radius 1 is 1.22 bits per heavy atom. The average molecular weight is 244 g/mol. The van der Waals surface area contributed by atoms with Crippen molar-refractivity contribution >= 4 is 5.69 Å². The number of nitrogens with zero attached hydrogens (tertiary/aromatic N) is 4. The summed E-state index contributed by atoms with van der Waals surface area (Å²) in [6, 6.07) is 4.01. The molecule has 0 spiro atoms. The SMILES string of the molecule is CN(C)c1ccnc(-n2cc(C(C)(C)C)cn2)c1. The number of rotatable bonds is 2. The summed E-state index contributed by atoms with van der Waals surface area (Å²) in [7, 11) is 4.03. The molecule has 2 aromatic heterocycles. The van der Waals surface area contributed by atoms with E-state index in [1.807, 2.05) is 49.5 Å². The minimum Gasteiger partial charge on any atom is -0.378 e. The van der Waals surface area contributed by atoms with Crippen molar-refractivity contribution in [3.63, 3.8) is 0 Å². The first-order valence-electron chi connectivity index (χ1n) is 6.07. The smallest absolute Gasteiger partial charge is 0.155 e. The summed E-state index contributed by atoms with van der Waals surface area (Å²) in [5, 5.41) is 4.39. The van der Waals surface area contributed by atoms with Crippen molar-refractivity contribution in [3.05, 3.63) is 36.3 Å². The molecule has 0 atom stereocenters. The molecule has 0 aliphatic heterocycles. The molecule has 0 fully saturated rings. The van der Waals surface area contributed by atoms with Crippen LogP contribution in [0.2, 0.25) is 0 Å². The number of hydrogen-bond acceptors (Lipinski definition) is 3. The van der Waals surface area contributed by atoms with Crippen LogP contribution in [0.5, 0.6) is 0 Å². The second-order valence-electron chi connectivity index (χ2n) is 5.69. The third-order valence-electron chi connectivity index (χ3n) is 2.93. The molecular weight excluding hydrogens is 224 g/mol. The van der Waals surface area contributed by atoms with Crippen LogP contribution in [0, 0.1) is 0 Å². The molecule has 0 amide bonds. The Bertz CT molecular complexity index is 535. The van der Waals surface area contributed by atoms with Gasteiger partial charge >= 0.3 is 0 Å². The summed E-state index contributed by atoms with van der Waals surface area (Å²) < 4.78 is 1.83. The van der Waals surface area contributed by atoms with Gasteiger partial charge in [-0.2, -0.15) is 5.10 Å². The third-order valence-corrected chi connectivity index (χ3v) is 2.93. The van der Waals surface area contributed by atoms with Crippen molar-refractivity contribution in [1.82, 2.24) is 14.8 Å². The average Bonchev–Trinajstić information content (AvgIpc) is 2.78. The van der Waals surface area contributed by atoms with Crippen LogP contribution in [-0.4, -0.2) is 28.9 Å². The topological polar surface area (TPSA) is 34.0 Å². The van der Waals surface area contributed by atoms with Crippen LogP contribution in [0.3, 0.4) is 0 Å². The Kier molecular flexibility index (Phi) is 3.11. The van der Waals surface area contributed by atoms with E-state index in [9.17, 15) is 0 Å². The van der Waals surface area contributed by atoms with E-state index in [0.717, 1.165) is 11.5 Å². The van der Waals surface area contributed by atoms with Gasteiger partial charge in [-0.25, -0.2) is 9.67 Å². The molecule has 0 aliphatic rings. The Hall–Kier alpha value is -1.84. The highest BCUT2D eigenvalue weighted by Gasteiger charge is 2.16. The van der Waals surface area contributed by atoms with E-state index >= 15 is 0 Å². The van der Waals surface area contributed by atoms with Gasteiger partial charge in [0.25, 0.3) is 0 Å². The minimum atomic E-state index is 0.109. The van der Waals surface area contributed by atoms with Gasteiger partial charge in [-0.15, -0.1) is 0 Å². The van der Waals surface area contributed by atoms with Gasteiger partial charge in [-0.3, -0.25) is 0 Å². The lowest BCUT2D eigenvalue weighted by molar-refractivity contribution is 0.590. The van der Waals surface area contributed by atoms with Gasteiger partial charge in [0.2, 0.25) is 0 Å².